The van der Waals surface area contributed by atoms with E-state index in [2.05, 4.69) is 39.4 Å². The Labute approximate surface area is 210 Å². The van der Waals surface area contributed by atoms with Crippen LogP contribution in [0.3, 0.4) is 0 Å². The van der Waals surface area contributed by atoms with E-state index in [-0.39, 0.29) is 17.9 Å². The summed E-state index contributed by atoms with van der Waals surface area (Å²) >= 11 is 0. The van der Waals surface area contributed by atoms with Crippen LogP contribution in [0.4, 0.5) is 0 Å². The first-order valence-electron chi connectivity index (χ1n) is 12.5. The fraction of sp³-hybridized carbons (Fsp3) is 0.276. The van der Waals surface area contributed by atoms with E-state index >= 15 is 0 Å². The molecule has 0 spiro atoms. The van der Waals surface area contributed by atoms with Gasteiger partial charge in [0.25, 0.3) is 0 Å². The maximum Gasteiger partial charge on any atom is 0.323 e. The second-order valence-corrected chi connectivity index (χ2v) is 9.51. The monoisotopic (exact) mass is 480 g/mol. The number of hydrogen-bond donors (Lipinski definition) is 1. The van der Waals surface area contributed by atoms with Crippen molar-refractivity contribution < 1.29 is 14.3 Å². The third kappa shape index (κ3) is 4.38. The summed E-state index contributed by atoms with van der Waals surface area (Å²) in [5.74, 6) is 0.655. The van der Waals surface area contributed by atoms with Crippen LogP contribution >= 0.6 is 0 Å². The average molecular weight is 481 g/mol. The Kier molecular flexibility index (Phi) is 5.99. The van der Waals surface area contributed by atoms with E-state index in [9.17, 15) is 9.59 Å². The number of aliphatic imine (C=N–C) groups is 1. The van der Waals surface area contributed by atoms with Crippen LogP contribution in [-0.2, 0) is 27.5 Å². The molecule has 0 saturated carbocycles. The molecule has 1 saturated heterocycles. The second kappa shape index (κ2) is 9.59. The molecule has 4 aliphatic heterocycles. The number of rotatable bonds is 6. The molecule has 182 valence electrons. The molecule has 7 nitrogen and oxygen atoms in total. The predicted octanol–water partition coefficient (Wildman–Crippen LogP) is 3.64. The van der Waals surface area contributed by atoms with E-state index in [4.69, 9.17) is 9.73 Å². The minimum Gasteiger partial charge on any atom is -0.460 e. The number of ether oxygens (including phenoxy) is 1. The van der Waals surface area contributed by atoms with Crippen molar-refractivity contribution in [1.29, 1.82) is 0 Å². The summed E-state index contributed by atoms with van der Waals surface area (Å²) in [6.07, 6.45) is 7.83. The molecule has 36 heavy (non-hydrogen) atoms. The Bertz CT molecular complexity index is 1310. The smallest absolute Gasteiger partial charge is 0.323 e. The van der Waals surface area contributed by atoms with Gasteiger partial charge in [0, 0.05) is 48.6 Å². The predicted molar refractivity (Wildman–Crippen MR) is 136 cm³/mol. The van der Waals surface area contributed by atoms with E-state index < -0.39 is 0 Å². The van der Waals surface area contributed by atoms with Gasteiger partial charge in [-0.15, -0.1) is 0 Å². The number of nitrogens with zero attached hydrogens (tertiary/aromatic N) is 3. The van der Waals surface area contributed by atoms with Crippen LogP contribution in [0.2, 0.25) is 0 Å². The topological polar surface area (TPSA) is 74.2 Å². The van der Waals surface area contributed by atoms with Gasteiger partial charge in [0.1, 0.15) is 18.5 Å². The number of hydrogen-bond acceptors (Lipinski definition) is 6. The highest BCUT2D eigenvalue weighted by molar-refractivity contribution is 6.02. The highest BCUT2D eigenvalue weighted by atomic mass is 16.5. The molecule has 6 rings (SSSR count). The molecule has 2 aromatic carbocycles. The summed E-state index contributed by atoms with van der Waals surface area (Å²) in [7, 11) is 0. The minimum atomic E-state index is -0.201. The lowest BCUT2D eigenvalue weighted by Crippen LogP contribution is -2.36. The van der Waals surface area contributed by atoms with Gasteiger partial charge in [0.2, 0.25) is 5.91 Å². The molecular formula is C29H28N4O3. The van der Waals surface area contributed by atoms with E-state index in [1.165, 1.54) is 0 Å². The Morgan fingerprint density at radius 1 is 1.03 bits per heavy atom. The Morgan fingerprint density at radius 2 is 1.86 bits per heavy atom. The summed E-state index contributed by atoms with van der Waals surface area (Å²) in [5.41, 5.74) is 6.14. The number of benzene rings is 2. The normalized spacial score (nSPS) is 21.1. The van der Waals surface area contributed by atoms with Gasteiger partial charge in [-0.25, -0.2) is 4.99 Å². The molecule has 1 fully saturated rings. The lowest BCUT2D eigenvalue weighted by molar-refractivity contribution is -0.150. The van der Waals surface area contributed by atoms with Crippen molar-refractivity contribution in [3.05, 3.63) is 107 Å². The van der Waals surface area contributed by atoms with Crippen molar-refractivity contribution in [3.8, 4) is 0 Å². The molecule has 0 aromatic heterocycles. The highest BCUT2D eigenvalue weighted by Crippen LogP contribution is 2.34. The van der Waals surface area contributed by atoms with Crippen molar-refractivity contribution in [2.24, 2.45) is 4.99 Å². The van der Waals surface area contributed by atoms with Crippen LogP contribution in [0.1, 0.15) is 36.0 Å². The van der Waals surface area contributed by atoms with Gasteiger partial charge < -0.3 is 15.0 Å². The fourth-order valence-electron chi connectivity index (χ4n) is 5.35. The van der Waals surface area contributed by atoms with Gasteiger partial charge >= 0.3 is 5.97 Å². The second-order valence-electron chi connectivity index (χ2n) is 9.51. The van der Waals surface area contributed by atoms with E-state index in [0.717, 1.165) is 71.8 Å². The molecular weight excluding hydrogens is 452 g/mol. The van der Waals surface area contributed by atoms with E-state index in [0.29, 0.717) is 13.2 Å². The molecule has 2 aromatic rings. The number of carbonyl (C=O) groups is 2. The molecule has 0 radical (unpaired) electrons. The lowest BCUT2D eigenvalue weighted by Gasteiger charge is -2.28. The van der Waals surface area contributed by atoms with Gasteiger partial charge in [-0.2, -0.15) is 0 Å². The van der Waals surface area contributed by atoms with E-state index in [1.54, 1.807) is 6.08 Å². The zero-order valence-corrected chi connectivity index (χ0v) is 20.0. The fourth-order valence-corrected chi connectivity index (χ4v) is 5.35. The zero-order valence-electron chi connectivity index (χ0n) is 20.0. The molecule has 4 aliphatic rings. The molecule has 0 aliphatic carbocycles. The summed E-state index contributed by atoms with van der Waals surface area (Å²) < 4.78 is 5.62. The number of amidine groups is 1. The zero-order chi connectivity index (χ0) is 24.5. The molecule has 1 atom stereocenters. The Hall–Kier alpha value is -3.97. The molecule has 1 amide bonds. The molecule has 4 heterocycles. The van der Waals surface area contributed by atoms with Crippen molar-refractivity contribution >= 4 is 17.7 Å². The third-order valence-corrected chi connectivity index (χ3v) is 7.14. The molecule has 0 unspecified atom stereocenters. The summed E-state index contributed by atoms with van der Waals surface area (Å²) in [6, 6.07) is 18.0. The minimum absolute atomic E-state index is 0.0929. The van der Waals surface area contributed by atoms with Crippen LogP contribution in [-0.4, -0.2) is 46.6 Å². The first-order valence-corrected chi connectivity index (χ1v) is 12.5. The van der Waals surface area contributed by atoms with Crippen molar-refractivity contribution in [2.75, 3.05) is 13.1 Å². The highest BCUT2D eigenvalue weighted by Gasteiger charge is 2.34. The first kappa shape index (κ1) is 22.5. The number of allylic oxidation sites excluding steroid dienone is 1. The van der Waals surface area contributed by atoms with Crippen LogP contribution in [0.25, 0.3) is 0 Å². The molecule has 0 bridgehead atoms. The quantitative estimate of drug-likeness (QED) is 0.639. The van der Waals surface area contributed by atoms with Gasteiger partial charge in [0.05, 0.1) is 5.70 Å². The maximum atomic E-state index is 12.8. The Balaban J connectivity index is 1.13. The van der Waals surface area contributed by atoms with E-state index in [1.807, 2.05) is 42.6 Å². The van der Waals surface area contributed by atoms with Crippen LogP contribution in [0, 0.1) is 0 Å². The van der Waals surface area contributed by atoms with Crippen molar-refractivity contribution in [3.63, 3.8) is 0 Å². The number of amides is 1. The number of likely N-dealkylation sites (tertiary alicyclic amines) is 1. The summed E-state index contributed by atoms with van der Waals surface area (Å²) in [6.45, 7) is 2.69. The summed E-state index contributed by atoms with van der Waals surface area (Å²) in [5, 5.41) is 3.00. The third-order valence-electron chi connectivity index (χ3n) is 7.14. The first-order chi connectivity index (χ1) is 17.7. The van der Waals surface area contributed by atoms with Crippen molar-refractivity contribution in [1.82, 2.24) is 15.1 Å². The van der Waals surface area contributed by atoms with Gasteiger partial charge in [0.15, 0.2) is 0 Å². The van der Waals surface area contributed by atoms with Gasteiger partial charge in [-0.1, -0.05) is 54.6 Å². The van der Waals surface area contributed by atoms with Crippen LogP contribution in [0.5, 0.6) is 0 Å². The number of esters is 1. The Morgan fingerprint density at radius 3 is 2.69 bits per heavy atom. The largest absolute Gasteiger partial charge is 0.460 e. The number of carbonyl (C=O) groups excluding carboxylic acids is 2. The number of nitrogens with one attached hydrogen (secondary N) is 1. The lowest BCUT2D eigenvalue weighted by atomic mass is 10.1. The maximum absolute atomic E-state index is 12.8. The van der Waals surface area contributed by atoms with Gasteiger partial charge in [-0.3, -0.25) is 14.5 Å². The summed E-state index contributed by atoms with van der Waals surface area (Å²) in [4.78, 5) is 33.9. The SMILES string of the molecule is O=C1C=CC2=CN=C(c3ccc(CN4CCC[C@@H]4C(=O)OCc4ccccc4)cc3)N3CCC(=C23)N1. The van der Waals surface area contributed by atoms with Crippen molar-refractivity contribution in [2.45, 2.75) is 38.5 Å². The molecule has 1 N–H and O–H groups in total. The average Bonchev–Trinajstić information content (AvgIpc) is 3.51. The van der Waals surface area contributed by atoms with Gasteiger partial charge in [-0.05, 0) is 36.6 Å². The standard InChI is InChI=1S/C29H28N4O3/c34-26-13-12-23-17-30-28(33-16-14-24(31-26)27(23)33)22-10-8-20(9-11-22)18-32-15-4-7-25(32)29(35)36-19-21-5-2-1-3-6-21/h1-3,5-6,8-13,17,25H,4,7,14-16,18-19H2,(H,31,34)/t25-/m1/s1. The molecule has 7 heteroatoms. The van der Waals surface area contributed by atoms with Crippen LogP contribution in [0.15, 0.2) is 94.9 Å². The van der Waals surface area contributed by atoms with Crippen LogP contribution < -0.4 is 5.32 Å².